The number of hydrogen-bond acceptors (Lipinski definition) is 3. The highest BCUT2D eigenvalue weighted by Crippen LogP contribution is 2.10. The van der Waals surface area contributed by atoms with Gasteiger partial charge in [-0.25, -0.2) is 0 Å². The number of nitriles is 1. The van der Waals surface area contributed by atoms with Crippen LogP contribution in [0.25, 0.3) is 0 Å². The minimum absolute atomic E-state index is 0.176. The van der Waals surface area contributed by atoms with Crippen LogP contribution in [0.3, 0.4) is 0 Å². The molecule has 0 aliphatic rings. The molecule has 0 heterocycles. The van der Waals surface area contributed by atoms with E-state index in [9.17, 15) is 4.79 Å². The highest BCUT2D eigenvalue weighted by atomic mass is 16.6. The van der Waals surface area contributed by atoms with Crippen molar-refractivity contribution in [3.05, 3.63) is 0 Å². The molecule has 0 fully saturated rings. The molecule has 0 aromatic rings. The van der Waals surface area contributed by atoms with Crippen LogP contribution in [0.15, 0.2) is 0 Å². The predicted molar refractivity (Wildman–Crippen MR) is 49.9 cm³/mol. The summed E-state index contributed by atoms with van der Waals surface area (Å²) in [5.41, 5.74) is -0.397. The fraction of sp³-hybridized carbons (Fsp3) is 0.800. The molecule has 13 heavy (non-hydrogen) atoms. The Hall–Kier alpha value is -1.04. The van der Waals surface area contributed by atoms with Crippen LogP contribution < -0.4 is 0 Å². The lowest BCUT2D eigenvalue weighted by molar-refractivity contribution is -0.154. The van der Waals surface area contributed by atoms with Crippen molar-refractivity contribution in [2.75, 3.05) is 0 Å². The number of carbonyl (C=O) groups excluding carboxylic acids is 1. The monoisotopic (exact) mass is 183 g/mol. The van der Waals surface area contributed by atoms with Gasteiger partial charge in [0, 0.05) is 12.8 Å². The highest BCUT2D eigenvalue weighted by Gasteiger charge is 2.15. The molecule has 0 atom stereocenters. The zero-order chi connectivity index (χ0) is 10.3. The van der Waals surface area contributed by atoms with E-state index in [2.05, 4.69) is 0 Å². The molecule has 0 aliphatic heterocycles. The van der Waals surface area contributed by atoms with Crippen LogP contribution in [-0.4, -0.2) is 11.6 Å². The maximum absolute atomic E-state index is 11.1. The number of rotatable bonds is 4. The zero-order valence-corrected chi connectivity index (χ0v) is 8.59. The summed E-state index contributed by atoms with van der Waals surface area (Å²) in [6.45, 7) is 5.54. The maximum atomic E-state index is 11.1. The van der Waals surface area contributed by atoms with Gasteiger partial charge >= 0.3 is 5.97 Å². The summed E-state index contributed by atoms with van der Waals surface area (Å²) in [6.07, 6.45) is 2.44. The molecule has 0 saturated carbocycles. The normalized spacial score (nSPS) is 10.6. The van der Waals surface area contributed by atoms with Gasteiger partial charge in [-0.1, -0.05) is 0 Å². The summed E-state index contributed by atoms with van der Waals surface area (Å²) in [5, 5.41) is 8.25. The lowest BCUT2D eigenvalue weighted by Crippen LogP contribution is -2.23. The highest BCUT2D eigenvalue weighted by molar-refractivity contribution is 5.69. The van der Waals surface area contributed by atoms with Gasteiger partial charge in [0.2, 0.25) is 0 Å². The van der Waals surface area contributed by atoms with E-state index in [-0.39, 0.29) is 5.97 Å². The van der Waals surface area contributed by atoms with Crippen LogP contribution in [0.2, 0.25) is 0 Å². The number of hydrogen-bond donors (Lipinski definition) is 0. The van der Waals surface area contributed by atoms with E-state index in [0.29, 0.717) is 12.8 Å². The summed E-state index contributed by atoms with van der Waals surface area (Å²) in [6, 6.07) is 2.04. The topological polar surface area (TPSA) is 50.1 Å². The Morgan fingerprint density at radius 1 is 1.38 bits per heavy atom. The Labute approximate surface area is 79.7 Å². The van der Waals surface area contributed by atoms with Crippen molar-refractivity contribution < 1.29 is 9.53 Å². The minimum Gasteiger partial charge on any atom is -0.460 e. The third-order valence-corrected chi connectivity index (χ3v) is 1.34. The first-order valence-corrected chi connectivity index (χ1v) is 4.54. The predicted octanol–water partition coefficient (Wildman–Crippen LogP) is 2.41. The molecule has 0 rings (SSSR count). The molecule has 0 bridgehead atoms. The van der Waals surface area contributed by atoms with Crippen LogP contribution in [0.1, 0.15) is 46.5 Å². The maximum Gasteiger partial charge on any atom is 0.306 e. The van der Waals surface area contributed by atoms with Crippen LogP contribution in [0, 0.1) is 11.3 Å². The van der Waals surface area contributed by atoms with Crippen molar-refractivity contribution >= 4 is 5.97 Å². The molecular weight excluding hydrogens is 166 g/mol. The van der Waals surface area contributed by atoms with E-state index >= 15 is 0 Å². The van der Waals surface area contributed by atoms with Gasteiger partial charge in [0.15, 0.2) is 0 Å². The molecule has 3 heteroatoms. The third-order valence-electron chi connectivity index (χ3n) is 1.34. The van der Waals surface area contributed by atoms with Crippen LogP contribution in [0.5, 0.6) is 0 Å². The number of ether oxygens (including phenoxy) is 1. The lowest BCUT2D eigenvalue weighted by atomic mass is 10.1. The average Bonchev–Trinajstić information content (AvgIpc) is 1.94. The van der Waals surface area contributed by atoms with E-state index in [0.717, 1.165) is 12.8 Å². The van der Waals surface area contributed by atoms with Crippen molar-refractivity contribution in [3.63, 3.8) is 0 Å². The molecule has 0 aliphatic carbocycles. The van der Waals surface area contributed by atoms with E-state index in [1.54, 1.807) is 0 Å². The first-order chi connectivity index (χ1) is 5.95. The van der Waals surface area contributed by atoms with Crippen molar-refractivity contribution in [2.45, 2.75) is 52.1 Å². The fourth-order valence-corrected chi connectivity index (χ4v) is 0.866. The summed E-state index contributed by atoms with van der Waals surface area (Å²) >= 11 is 0. The van der Waals surface area contributed by atoms with Crippen LogP contribution in [-0.2, 0) is 9.53 Å². The first-order valence-electron chi connectivity index (χ1n) is 4.54. The average molecular weight is 183 g/mol. The molecule has 0 spiro atoms. The Balaban J connectivity index is 3.48. The molecular formula is C10H17NO2. The summed E-state index contributed by atoms with van der Waals surface area (Å²) in [4.78, 5) is 11.1. The summed E-state index contributed by atoms with van der Waals surface area (Å²) in [7, 11) is 0. The van der Waals surface area contributed by atoms with Gasteiger partial charge < -0.3 is 4.74 Å². The van der Waals surface area contributed by atoms with Crippen molar-refractivity contribution in [1.29, 1.82) is 5.26 Å². The molecule has 0 N–H and O–H groups in total. The molecule has 0 saturated heterocycles. The summed E-state index contributed by atoms with van der Waals surface area (Å²) in [5.74, 6) is -0.176. The van der Waals surface area contributed by atoms with Gasteiger partial charge in [-0.2, -0.15) is 5.26 Å². The van der Waals surface area contributed by atoms with E-state index in [1.165, 1.54) is 0 Å². The first kappa shape index (κ1) is 12.0. The standard InChI is InChI=1S/C10H17NO2/c1-10(2,3)13-9(12)7-5-4-6-8-11/h4-7H2,1-3H3. The van der Waals surface area contributed by atoms with Gasteiger partial charge in [-0.15, -0.1) is 0 Å². The molecule has 3 nitrogen and oxygen atoms in total. The lowest BCUT2D eigenvalue weighted by Gasteiger charge is -2.19. The second-order valence-corrected chi connectivity index (χ2v) is 3.95. The fourth-order valence-electron chi connectivity index (χ4n) is 0.866. The van der Waals surface area contributed by atoms with Gasteiger partial charge in [0.1, 0.15) is 5.60 Å². The smallest absolute Gasteiger partial charge is 0.306 e. The van der Waals surface area contributed by atoms with E-state index < -0.39 is 5.60 Å². The SMILES string of the molecule is CC(C)(C)OC(=O)CCCCC#N. The van der Waals surface area contributed by atoms with Gasteiger partial charge in [-0.3, -0.25) is 4.79 Å². The second-order valence-electron chi connectivity index (χ2n) is 3.95. The van der Waals surface area contributed by atoms with Gasteiger partial charge in [0.05, 0.1) is 6.07 Å². The van der Waals surface area contributed by atoms with Crippen molar-refractivity contribution in [2.24, 2.45) is 0 Å². The minimum atomic E-state index is -0.397. The molecule has 0 unspecified atom stereocenters. The largest absolute Gasteiger partial charge is 0.460 e. The number of unbranched alkanes of at least 4 members (excludes halogenated alkanes) is 2. The molecule has 0 aromatic carbocycles. The quantitative estimate of drug-likeness (QED) is 0.496. The Bertz CT molecular complexity index is 198. The van der Waals surface area contributed by atoms with Crippen LogP contribution >= 0.6 is 0 Å². The van der Waals surface area contributed by atoms with Crippen molar-refractivity contribution in [1.82, 2.24) is 0 Å². The summed E-state index contributed by atoms with van der Waals surface area (Å²) < 4.78 is 5.10. The molecule has 0 amide bonds. The Morgan fingerprint density at radius 2 is 2.00 bits per heavy atom. The number of esters is 1. The third kappa shape index (κ3) is 8.87. The zero-order valence-electron chi connectivity index (χ0n) is 8.59. The Kier molecular flexibility index (Phi) is 5.13. The molecule has 74 valence electrons. The number of nitrogens with zero attached hydrogens (tertiary/aromatic N) is 1. The molecule has 0 aromatic heterocycles. The van der Waals surface area contributed by atoms with Gasteiger partial charge in [-0.05, 0) is 33.6 Å². The van der Waals surface area contributed by atoms with Gasteiger partial charge in [0.25, 0.3) is 0 Å². The molecule has 0 radical (unpaired) electrons. The second kappa shape index (κ2) is 5.58. The Morgan fingerprint density at radius 3 is 2.46 bits per heavy atom. The van der Waals surface area contributed by atoms with Crippen molar-refractivity contribution in [3.8, 4) is 6.07 Å². The van der Waals surface area contributed by atoms with Crippen LogP contribution in [0.4, 0.5) is 0 Å². The van der Waals surface area contributed by atoms with E-state index in [4.69, 9.17) is 10.00 Å². The number of carbonyl (C=O) groups is 1. The van der Waals surface area contributed by atoms with E-state index in [1.807, 2.05) is 26.8 Å².